The molecule has 2 aliphatic rings. The van der Waals surface area contributed by atoms with Gasteiger partial charge in [0.15, 0.2) is 0 Å². The summed E-state index contributed by atoms with van der Waals surface area (Å²) < 4.78 is 4.69. The number of rotatable bonds is 3. The normalized spacial score (nSPS) is 14.0. The van der Waals surface area contributed by atoms with Gasteiger partial charge in [0.25, 0.3) is 11.1 Å². The molecule has 2 aromatic heterocycles. The predicted molar refractivity (Wildman–Crippen MR) is 207 cm³/mol. The van der Waals surface area contributed by atoms with Crippen LogP contribution in [-0.2, 0) is 25.9 Å². The fourth-order valence-corrected chi connectivity index (χ4v) is 6.63. The third kappa shape index (κ3) is 8.59. The fourth-order valence-electron chi connectivity index (χ4n) is 6.28. The van der Waals surface area contributed by atoms with E-state index >= 15 is 0 Å². The van der Waals surface area contributed by atoms with Gasteiger partial charge in [-0.15, -0.1) is 0 Å². The van der Waals surface area contributed by atoms with Crippen molar-refractivity contribution in [2.45, 2.75) is 64.5 Å². The van der Waals surface area contributed by atoms with E-state index in [2.05, 4.69) is 51.8 Å². The van der Waals surface area contributed by atoms with Crippen molar-refractivity contribution in [1.29, 1.82) is 0 Å². The second-order valence-corrected chi connectivity index (χ2v) is 13.3. The quantitative estimate of drug-likeness (QED) is 0.171. The second-order valence-electron chi connectivity index (χ2n) is 12.4. The Balaban J connectivity index is 0.000000144. The zero-order valence-electron chi connectivity index (χ0n) is 27.7. The number of benzene rings is 4. The highest BCUT2D eigenvalue weighted by molar-refractivity contribution is 9.10. The molecule has 0 fully saturated rings. The number of hydrogen-bond acceptors (Lipinski definition) is 4. The third-order valence-electron chi connectivity index (χ3n) is 8.92. The van der Waals surface area contributed by atoms with Crippen LogP contribution in [0.5, 0.6) is 0 Å². The van der Waals surface area contributed by atoms with E-state index in [0.717, 1.165) is 101 Å². The molecule has 0 atom stereocenters. The Kier molecular flexibility index (Phi) is 11.4. The van der Waals surface area contributed by atoms with E-state index in [0.29, 0.717) is 0 Å². The van der Waals surface area contributed by atoms with Gasteiger partial charge < -0.3 is 0 Å². The van der Waals surface area contributed by atoms with Gasteiger partial charge in [0.2, 0.25) is 0 Å². The van der Waals surface area contributed by atoms with Crippen molar-refractivity contribution < 1.29 is 0 Å². The highest BCUT2D eigenvalue weighted by Gasteiger charge is 2.14. The molecule has 0 saturated heterocycles. The average Bonchev–Trinajstić information content (AvgIpc) is 3.53. The van der Waals surface area contributed by atoms with E-state index in [-0.39, 0.29) is 11.1 Å². The van der Waals surface area contributed by atoms with Crippen LogP contribution in [0.4, 0.5) is 0 Å². The summed E-state index contributed by atoms with van der Waals surface area (Å²) in [6.45, 7) is 5.24. The van der Waals surface area contributed by atoms with Gasteiger partial charge in [0, 0.05) is 30.4 Å². The van der Waals surface area contributed by atoms with E-state index in [1.54, 1.807) is 0 Å². The first-order chi connectivity index (χ1) is 24.0. The van der Waals surface area contributed by atoms with Gasteiger partial charge in [-0.3, -0.25) is 18.7 Å². The SMILES string of the molecule is C=Cc1ccccc1.O=c1c2ccc(/C=C/c3ccccc3)cc2nc2n1CCCCC2.O=c1c2ccc(Br)cc2nc2n1CCCCC2. The van der Waals surface area contributed by atoms with E-state index in [1.807, 2.05) is 100 Å². The van der Waals surface area contributed by atoms with Crippen LogP contribution in [0.25, 0.3) is 40.0 Å². The van der Waals surface area contributed by atoms with E-state index in [1.165, 1.54) is 18.4 Å². The summed E-state index contributed by atoms with van der Waals surface area (Å²) in [6.07, 6.45) is 14.5. The Morgan fingerprint density at radius 2 is 1.08 bits per heavy atom. The highest BCUT2D eigenvalue weighted by atomic mass is 79.9. The first kappa shape index (κ1) is 34.0. The van der Waals surface area contributed by atoms with E-state index < -0.39 is 0 Å². The Morgan fingerprint density at radius 1 is 0.571 bits per heavy atom. The molecular formula is C42H41BrN4O2. The van der Waals surface area contributed by atoms with E-state index in [9.17, 15) is 9.59 Å². The number of aromatic nitrogens is 4. The van der Waals surface area contributed by atoms with Crippen molar-refractivity contribution in [1.82, 2.24) is 19.1 Å². The molecule has 6 aromatic rings. The van der Waals surface area contributed by atoms with Crippen LogP contribution in [-0.4, -0.2) is 19.1 Å². The number of aryl methyl sites for hydroxylation is 2. The molecule has 6 nitrogen and oxygen atoms in total. The Hall–Kier alpha value is -4.88. The first-order valence-electron chi connectivity index (χ1n) is 17.1. The maximum Gasteiger partial charge on any atom is 0.261 e. The Bertz CT molecular complexity index is 2200. The second kappa shape index (κ2) is 16.5. The van der Waals surface area contributed by atoms with Gasteiger partial charge in [0.05, 0.1) is 21.8 Å². The van der Waals surface area contributed by atoms with Crippen LogP contribution in [0.15, 0.2) is 118 Å². The van der Waals surface area contributed by atoms with Crippen LogP contribution < -0.4 is 11.1 Å². The van der Waals surface area contributed by atoms with Gasteiger partial charge in [-0.25, -0.2) is 9.97 Å². The molecule has 8 rings (SSSR count). The van der Waals surface area contributed by atoms with Gasteiger partial charge in [-0.2, -0.15) is 0 Å². The van der Waals surface area contributed by atoms with Gasteiger partial charge in [-0.1, -0.05) is 120 Å². The van der Waals surface area contributed by atoms with Crippen LogP contribution in [0, 0.1) is 0 Å². The minimum Gasteiger partial charge on any atom is -0.296 e. The molecule has 4 heterocycles. The molecule has 0 radical (unpaired) electrons. The third-order valence-corrected chi connectivity index (χ3v) is 9.42. The molecule has 4 aromatic carbocycles. The molecule has 0 bridgehead atoms. The van der Waals surface area contributed by atoms with Crippen molar-refractivity contribution in [3.05, 3.63) is 157 Å². The van der Waals surface area contributed by atoms with Gasteiger partial charge in [0.1, 0.15) is 11.6 Å². The lowest BCUT2D eigenvalue weighted by molar-refractivity contribution is 0.614. The van der Waals surface area contributed by atoms with Crippen molar-refractivity contribution in [2.75, 3.05) is 0 Å². The standard InChI is InChI=1S/C21H20N2O.C13H13BrN2O.C8H8/c24-21-18-13-12-17(11-10-16-7-3-1-4-8-16)15-19(18)22-20-9-5-2-6-14-23(20)21;14-9-5-6-10-11(8-9)15-12-4-2-1-3-7-16(12)13(10)17;1-2-8-6-4-3-5-7-8/h1,3-4,7-8,10-13,15H,2,5-6,9,14H2;5-6,8H,1-4,7H2;2-7H,1H2/b11-10+;;. The van der Waals surface area contributed by atoms with Crippen LogP contribution >= 0.6 is 15.9 Å². The lowest BCUT2D eigenvalue weighted by atomic mass is 10.1. The lowest BCUT2D eigenvalue weighted by Gasteiger charge is -2.10. The molecule has 7 heteroatoms. The van der Waals surface area contributed by atoms with Gasteiger partial charge >= 0.3 is 0 Å². The Labute approximate surface area is 295 Å². The van der Waals surface area contributed by atoms with Gasteiger partial charge in [-0.05, 0) is 72.7 Å². The van der Waals surface area contributed by atoms with Crippen molar-refractivity contribution in [3.63, 3.8) is 0 Å². The first-order valence-corrected chi connectivity index (χ1v) is 17.9. The van der Waals surface area contributed by atoms with Crippen LogP contribution in [0.2, 0.25) is 0 Å². The topological polar surface area (TPSA) is 69.8 Å². The smallest absolute Gasteiger partial charge is 0.261 e. The summed E-state index contributed by atoms with van der Waals surface area (Å²) in [6, 6.07) is 31.8. The largest absolute Gasteiger partial charge is 0.296 e. The minimum atomic E-state index is 0.107. The molecule has 0 spiro atoms. The zero-order chi connectivity index (χ0) is 34.0. The summed E-state index contributed by atoms with van der Waals surface area (Å²) in [5, 5.41) is 1.44. The molecule has 2 aliphatic heterocycles. The molecular weight excluding hydrogens is 672 g/mol. The molecule has 0 aliphatic carbocycles. The highest BCUT2D eigenvalue weighted by Crippen LogP contribution is 2.20. The maximum atomic E-state index is 12.7. The molecule has 0 saturated carbocycles. The molecule has 0 N–H and O–H groups in total. The van der Waals surface area contributed by atoms with E-state index in [4.69, 9.17) is 4.98 Å². The molecule has 49 heavy (non-hydrogen) atoms. The van der Waals surface area contributed by atoms with Crippen LogP contribution in [0.1, 0.15) is 66.9 Å². The number of hydrogen-bond donors (Lipinski definition) is 0. The fraction of sp³-hybridized carbons (Fsp3) is 0.238. The van der Waals surface area contributed by atoms with Crippen molar-refractivity contribution >= 4 is 56.0 Å². The monoisotopic (exact) mass is 712 g/mol. The van der Waals surface area contributed by atoms with Crippen molar-refractivity contribution in [3.8, 4) is 0 Å². The minimum absolute atomic E-state index is 0.107. The Morgan fingerprint density at radius 3 is 1.63 bits per heavy atom. The summed E-state index contributed by atoms with van der Waals surface area (Å²) in [5.74, 6) is 1.88. The summed E-state index contributed by atoms with van der Waals surface area (Å²) in [5.41, 5.74) is 5.23. The summed E-state index contributed by atoms with van der Waals surface area (Å²) in [4.78, 5) is 34.5. The molecule has 0 unspecified atom stereocenters. The van der Waals surface area contributed by atoms with Crippen molar-refractivity contribution in [2.24, 2.45) is 0 Å². The number of halogens is 1. The zero-order valence-corrected chi connectivity index (χ0v) is 29.3. The number of nitrogens with zero attached hydrogens (tertiary/aromatic N) is 4. The predicted octanol–water partition coefficient (Wildman–Crippen LogP) is 9.51. The average molecular weight is 714 g/mol. The summed E-state index contributed by atoms with van der Waals surface area (Å²) in [7, 11) is 0. The summed E-state index contributed by atoms with van der Waals surface area (Å²) >= 11 is 3.42. The molecule has 0 amide bonds. The number of fused-ring (bicyclic) bond motifs is 4. The maximum absolute atomic E-state index is 12.7. The van der Waals surface area contributed by atoms with Crippen LogP contribution in [0.3, 0.4) is 0 Å². The molecule has 248 valence electrons. The lowest BCUT2D eigenvalue weighted by Crippen LogP contribution is -2.24.